The number of pyridine rings is 1. The van der Waals surface area contributed by atoms with E-state index in [4.69, 9.17) is 11.6 Å². The fraction of sp³-hybridized carbons (Fsp3) is 0.294. The molecule has 4 nitrogen and oxygen atoms in total. The molecule has 1 heterocycles. The zero-order valence-electron chi connectivity index (χ0n) is 12.4. The Balaban J connectivity index is 1.90. The van der Waals surface area contributed by atoms with Crippen LogP contribution in [-0.2, 0) is 6.42 Å². The predicted octanol–water partition coefficient (Wildman–Crippen LogP) is 2.74. The summed E-state index contributed by atoms with van der Waals surface area (Å²) in [4.78, 5) is 16.7. The third kappa shape index (κ3) is 2.60. The van der Waals surface area contributed by atoms with Gasteiger partial charge in [-0.25, -0.2) is 4.98 Å². The molecule has 0 spiro atoms. The van der Waals surface area contributed by atoms with Gasteiger partial charge >= 0.3 is 0 Å². The van der Waals surface area contributed by atoms with Gasteiger partial charge in [0, 0.05) is 12.1 Å². The van der Waals surface area contributed by atoms with E-state index in [0.29, 0.717) is 12.0 Å². The van der Waals surface area contributed by atoms with Gasteiger partial charge in [-0.2, -0.15) is 0 Å². The van der Waals surface area contributed by atoms with Crippen molar-refractivity contribution in [2.24, 2.45) is 0 Å². The lowest BCUT2D eigenvalue weighted by Crippen LogP contribution is -2.34. The van der Waals surface area contributed by atoms with Crippen LogP contribution >= 0.6 is 11.6 Å². The number of carbonyl (C=O) groups is 1. The van der Waals surface area contributed by atoms with Crippen LogP contribution < -0.4 is 5.32 Å². The van der Waals surface area contributed by atoms with Crippen molar-refractivity contribution >= 4 is 17.5 Å². The van der Waals surface area contributed by atoms with Gasteiger partial charge in [-0.15, -0.1) is 0 Å². The number of aliphatic hydroxyl groups excluding tert-OH is 1. The minimum Gasteiger partial charge on any atom is -0.390 e. The number of benzene rings is 1. The lowest BCUT2D eigenvalue weighted by atomic mass is 10.1. The smallest absolute Gasteiger partial charge is 0.255 e. The molecule has 2 atom stereocenters. The number of fused-ring (bicyclic) bond motifs is 1. The molecule has 3 rings (SSSR count). The normalized spacial score (nSPS) is 19.8. The molecule has 1 amide bonds. The summed E-state index contributed by atoms with van der Waals surface area (Å²) in [5.74, 6) is -0.309. The minimum absolute atomic E-state index is 0.191. The highest BCUT2D eigenvalue weighted by atomic mass is 35.5. The average Bonchev–Trinajstić information content (AvgIpc) is 2.74. The fourth-order valence-electron chi connectivity index (χ4n) is 3.03. The van der Waals surface area contributed by atoms with Gasteiger partial charge in [-0.1, -0.05) is 35.9 Å². The van der Waals surface area contributed by atoms with Crippen molar-refractivity contribution in [3.05, 3.63) is 63.4 Å². The summed E-state index contributed by atoms with van der Waals surface area (Å²) in [7, 11) is 0. The number of hydrogen-bond acceptors (Lipinski definition) is 3. The van der Waals surface area contributed by atoms with Crippen LogP contribution in [0.1, 0.15) is 38.8 Å². The van der Waals surface area contributed by atoms with Gasteiger partial charge < -0.3 is 10.4 Å². The molecule has 1 aromatic carbocycles. The Labute approximate surface area is 134 Å². The summed E-state index contributed by atoms with van der Waals surface area (Å²) < 4.78 is 0. The molecule has 0 bridgehead atoms. The lowest BCUT2D eigenvalue weighted by Gasteiger charge is -2.19. The third-order valence-corrected chi connectivity index (χ3v) is 4.29. The van der Waals surface area contributed by atoms with Gasteiger partial charge in [-0.05, 0) is 36.6 Å². The lowest BCUT2D eigenvalue weighted by molar-refractivity contribution is 0.0857. The molecule has 1 aliphatic carbocycles. The Hall–Kier alpha value is -1.91. The van der Waals surface area contributed by atoms with Crippen LogP contribution in [0.4, 0.5) is 0 Å². The molecule has 2 unspecified atom stereocenters. The van der Waals surface area contributed by atoms with Crippen LogP contribution in [0, 0.1) is 13.8 Å². The predicted molar refractivity (Wildman–Crippen MR) is 85.1 cm³/mol. The van der Waals surface area contributed by atoms with Gasteiger partial charge in [-0.3, -0.25) is 4.79 Å². The van der Waals surface area contributed by atoms with Gasteiger partial charge in [0.05, 0.1) is 17.7 Å². The van der Waals surface area contributed by atoms with E-state index in [0.717, 1.165) is 22.4 Å². The summed E-state index contributed by atoms with van der Waals surface area (Å²) in [5, 5.41) is 13.3. The van der Waals surface area contributed by atoms with Crippen molar-refractivity contribution in [3.8, 4) is 0 Å². The zero-order valence-corrected chi connectivity index (χ0v) is 13.2. The Morgan fingerprint density at radius 3 is 2.82 bits per heavy atom. The highest BCUT2D eigenvalue weighted by molar-refractivity contribution is 6.32. The van der Waals surface area contributed by atoms with E-state index in [1.165, 1.54) is 0 Å². The van der Waals surface area contributed by atoms with E-state index in [2.05, 4.69) is 10.3 Å². The second-order valence-corrected chi connectivity index (χ2v) is 6.03. The van der Waals surface area contributed by atoms with Gasteiger partial charge in [0.25, 0.3) is 5.91 Å². The third-order valence-electron chi connectivity index (χ3n) is 4.02. The Morgan fingerprint density at radius 2 is 2.09 bits per heavy atom. The minimum atomic E-state index is -0.626. The summed E-state index contributed by atoms with van der Waals surface area (Å²) >= 11 is 6.12. The first-order valence-corrected chi connectivity index (χ1v) is 7.55. The molecule has 5 heteroatoms. The first-order chi connectivity index (χ1) is 10.5. The largest absolute Gasteiger partial charge is 0.390 e. The van der Waals surface area contributed by atoms with Crippen LogP contribution in [0.25, 0.3) is 0 Å². The summed E-state index contributed by atoms with van der Waals surface area (Å²) in [6.07, 6.45) is -0.0844. The van der Waals surface area contributed by atoms with Crippen LogP contribution in [-0.4, -0.2) is 22.1 Å². The second-order valence-electron chi connectivity index (χ2n) is 5.67. The van der Waals surface area contributed by atoms with Crippen molar-refractivity contribution in [3.63, 3.8) is 0 Å². The van der Waals surface area contributed by atoms with Crippen molar-refractivity contribution in [2.75, 3.05) is 0 Å². The number of aliphatic hydroxyl groups is 1. The molecule has 22 heavy (non-hydrogen) atoms. The van der Waals surface area contributed by atoms with E-state index < -0.39 is 12.1 Å². The number of carbonyl (C=O) groups excluding carboxylic acids is 1. The maximum absolute atomic E-state index is 12.6. The second kappa shape index (κ2) is 5.71. The first-order valence-electron chi connectivity index (χ1n) is 7.18. The number of aryl methyl sites for hydroxylation is 2. The SMILES string of the molecule is Cc1cc(C)c(C(=O)NC2c3ccccc3CC2O)c(Cl)n1. The molecular formula is C17H17ClN2O2. The number of nitrogens with zero attached hydrogens (tertiary/aromatic N) is 1. The molecule has 0 saturated carbocycles. The van der Waals surface area contributed by atoms with Crippen LogP contribution in [0.15, 0.2) is 30.3 Å². The van der Waals surface area contributed by atoms with E-state index >= 15 is 0 Å². The van der Waals surface area contributed by atoms with E-state index in [-0.39, 0.29) is 11.1 Å². The standard InChI is InChI=1S/C17H17ClN2O2/c1-9-7-10(2)19-16(18)14(9)17(22)20-15-12-6-4-3-5-11(12)8-13(15)21/h3-7,13,15,21H,8H2,1-2H3,(H,20,22). The molecule has 0 saturated heterocycles. The molecule has 0 radical (unpaired) electrons. The molecule has 0 fully saturated rings. The first kappa shape index (κ1) is 15.0. The monoisotopic (exact) mass is 316 g/mol. The number of aromatic nitrogens is 1. The molecule has 1 aromatic heterocycles. The summed E-state index contributed by atoms with van der Waals surface area (Å²) in [6, 6.07) is 9.14. The van der Waals surface area contributed by atoms with Gasteiger partial charge in [0.15, 0.2) is 0 Å². The average molecular weight is 317 g/mol. The molecule has 0 aliphatic heterocycles. The van der Waals surface area contributed by atoms with Crippen molar-refractivity contribution in [2.45, 2.75) is 32.4 Å². The van der Waals surface area contributed by atoms with E-state index in [9.17, 15) is 9.90 Å². The number of hydrogen-bond donors (Lipinski definition) is 2. The highest BCUT2D eigenvalue weighted by Gasteiger charge is 2.32. The number of nitrogens with one attached hydrogen (secondary N) is 1. The molecule has 2 N–H and O–H groups in total. The van der Waals surface area contributed by atoms with Crippen LogP contribution in [0.3, 0.4) is 0 Å². The van der Waals surface area contributed by atoms with Gasteiger partial charge in [0.1, 0.15) is 5.15 Å². The topological polar surface area (TPSA) is 62.2 Å². The van der Waals surface area contributed by atoms with Crippen molar-refractivity contribution < 1.29 is 9.90 Å². The maximum atomic E-state index is 12.6. The van der Waals surface area contributed by atoms with Crippen LogP contribution in [0.5, 0.6) is 0 Å². The summed E-state index contributed by atoms with van der Waals surface area (Å²) in [5.41, 5.74) is 3.92. The number of amides is 1. The Bertz CT molecular complexity index is 722. The van der Waals surface area contributed by atoms with Crippen molar-refractivity contribution in [1.82, 2.24) is 10.3 Å². The highest BCUT2D eigenvalue weighted by Crippen LogP contribution is 2.32. The summed E-state index contributed by atoms with van der Waals surface area (Å²) in [6.45, 7) is 3.66. The zero-order chi connectivity index (χ0) is 15.9. The molecule has 114 valence electrons. The van der Waals surface area contributed by atoms with Crippen LogP contribution in [0.2, 0.25) is 5.15 Å². The quantitative estimate of drug-likeness (QED) is 0.837. The van der Waals surface area contributed by atoms with E-state index in [1.807, 2.05) is 44.2 Å². The molecule has 1 aliphatic rings. The van der Waals surface area contributed by atoms with Gasteiger partial charge in [0.2, 0.25) is 0 Å². The molecular weight excluding hydrogens is 300 g/mol. The number of rotatable bonds is 2. The maximum Gasteiger partial charge on any atom is 0.255 e. The fourth-order valence-corrected chi connectivity index (χ4v) is 3.39. The van der Waals surface area contributed by atoms with E-state index in [1.54, 1.807) is 0 Å². The Morgan fingerprint density at radius 1 is 1.36 bits per heavy atom. The molecule has 2 aromatic rings. The number of halogens is 1. The Kier molecular flexibility index (Phi) is 3.89. The van der Waals surface area contributed by atoms with Crippen molar-refractivity contribution in [1.29, 1.82) is 0 Å².